The summed E-state index contributed by atoms with van der Waals surface area (Å²) in [6.45, 7) is 5.17. The normalized spacial score (nSPS) is 16.8. The van der Waals surface area contributed by atoms with Crippen molar-refractivity contribution in [2.75, 3.05) is 20.3 Å². The van der Waals surface area contributed by atoms with Crippen LogP contribution >= 0.6 is 0 Å². The van der Waals surface area contributed by atoms with E-state index in [9.17, 15) is 9.90 Å². The summed E-state index contributed by atoms with van der Waals surface area (Å²) in [5.41, 5.74) is 2.50. The first kappa shape index (κ1) is 25.3. The Morgan fingerprint density at radius 2 is 2.26 bits per heavy atom. The van der Waals surface area contributed by atoms with Crippen molar-refractivity contribution in [1.82, 2.24) is 25.2 Å². The third kappa shape index (κ3) is 5.34. The van der Waals surface area contributed by atoms with Gasteiger partial charge in [-0.05, 0) is 31.1 Å². The van der Waals surface area contributed by atoms with Crippen LogP contribution in [0, 0.1) is 0 Å². The molecule has 2 aliphatic rings. The zero-order valence-corrected chi connectivity index (χ0v) is 21.0. The van der Waals surface area contributed by atoms with Crippen LogP contribution in [-0.2, 0) is 18.0 Å². The molecule has 2 N–H and O–H groups in total. The van der Waals surface area contributed by atoms with E-state index in [1.54, 1.807) is 29.9 Å². The Labute approximate surface area is 218 Å². The topological polar surface area (TPSA) is 137 Å². The average molecular weight is 517 g/mol. The van der Waals surface area contributed by atoms with E-state index in [2.05, 4.69) is 27.0 Å². The number of rotatable bonds is 8. The monoisotopic (exact) mass is 516 g/mol. The molecule has 1 fully saturated rings. The molecular weight excluding hydrogens is 488 g/mol. The molecule has 0 radical (unpaired) electrons. The van der Waals surface area contributed by atoms with E-state index in [1.165, 1.54) is 6.20 Å². The molecule has 1 saturated heterocycles. The Kier molecular flexibility index (Phi) is 7.57. The van der Waals surface area contributed by atoms with Crippen molar-refractivity contribution in [3.05, 3.63) is 81.8 Å². The van der Waals surface area contributed by atoms with Gasteiger partial charge in [-0.25, -0.2) is 4.68 Å². The number of fused-ring (bicyclic) bond motifs is 1. The number of carbonyl (C=O) groups excluding carboxylic acids is 1. The van der Waals surface area contributed by atoms with E-state index in [-0.39, 0.29) is 25.2 Å². The van der Waals surface area contributed by atoms with Gasteiger partial charge in [-0.15, -0.1) is 5.10 Å². The largest absolute Gasteiger partial charge is 0.470 e. The van der Waals surface area contributed by atoms with Crippen molar-refractivity contribution in [2.45, 2.75) is 32.1 Å². The highest BCUT2D eigenvalue weighted by molar-refractivity contribution is 5.94. The highest BCUT2D eigenvalue weighted by atomic mass is 16.5. The number of nitrogens with one attached hydrogen (secondary N) is 1. The fourth-order valence-corrected chi connectivity index (χ4v) is 4.18. The molecule has 1 aliphatic heterocycles. The maximum absolute atomic E-state index is 12.5. The van der Waals surface area contributed by atoms with Crippen LogP contribution in [0.5, 0.6) is 5.88 Å². The molecule has 0 bridgehead atoms. The van der Waals surface area contributed by atoms with Gasteiger partial charge in [-0.1, -0.05) is 30.0 Å². The van der Waals surface area contributed by atoms with Crippen molar-refractivity contribution in [3.63, 3.8) is 0 Å². The standard InChI is InChI=1S/C27H28N6O5/c1-17(24-12-21(14-34)38-32-24)33-25(28-2)22-6-4-3-5-7-23(22)27(31-33)37-16-19-9-8-18(13-29-19)26(35)30-20-10-11-36-15-20/h3,5-9,12-13,20,34H,1,4,10-11,14-16H2,2H3,(H,30,35). The molecule has 11 heteroatoms. The Balaban J connectivity index is 1.42. The van der Waals surface area contributed by atoms with Crippen molar-refractivity contribution < 1.29 is 23.9 Å². The summed E-state index contributed by atoms with van der Waals surface area (Å²) in [6.07, 6.45) is 11.0. The maximum atomic E-state index is 12.5. The number of nitrogens with zero attached hydrogens (tertiary/aromatic N) is 5. The molecule has 5 rings (SSSR count). The Morgan fingerprint density at radius 3 is 2.97 bits per heavy atom. The fourth-order valence-electron chi connectivity index (χ4n) is 4.18. The van der Waals surface area contributed by atoms with Crippen LogP contribution in [0.2, 0.25) is 0 Å². The third-order valence-electron chi connectivity index (χ3n) is 6.20. The number of allylic oxidation sites excluding steroid dienone is 2. The lowest BCUT2D eigenvalue weighted by Crippen LogP contribution is -2.47. The van der Waals surface area contributed by atoms with Crippen molar-refractivity contribution in [3.8, 4) is 5.88 Å². The molecule has 196 valence electrons. The molecule has 38 heavy (non-hydrogen) atoms. The van der Waals surface area contributed by atoms with Gasteiger partial charge >= 0.3 is 0 Å². The van der Waals surface area contributed by atoms with Gasteiger partial charge in [0.2, 0.25) is 5.88 Å². The van der Waals surface area contributed by atoms with Crippen LogP contribution in [0.4, 0.5) is 0 Å². The Hall–Kier alpha value is -4.35. The maximum Gasteiger partial charge on any atom is 0.253 e. The van der Waals surface area contributed by atoms with E-state index >= 15 is 0 Å². The molecule has 0 spiro atoms. The van der Waals surface area contributed by atoms with Crippen molar-refractivity contribution in [1.29, 1.82) is 0 Å². The molecule has 1 aliphatic carbocycles. The van der Waals surface area contributed by atoms with Gasteiger partial charge in [0.1, 0.15) is 18.9 Å². The number of aliphatic hydroxyl groups excluding tert-OH is 1. The zero-order valence-electron chi connectivity index (χ0n) is 21.0. The number of aliphatic hydroxyl groups is 1. The average Bonchev–Trinajstić information content (AvgIpc) is 3.58. The first-order valence-corrected chi connectivity index (χ1v) is 12.2. The lowest BCUT2D eigenvalue weighted by atomic mass is 10.2. The van der Waals surface area contributed by atoms with Gasteiger partial charge in [0.05, 0.1) is 29.6 Å². The second-order valence-corrected chi connectivity index (χ2v) is 8.77. The lowest BCUT2D eigenvalue weighted by Gasteiger charge is -2.13. The van der Waals surface area contributed by atoms with Crippen molar-refractivity contribution in [2.24, 2.45) is 4.99 Å². The minimum atomic E-state index is -0.279. The van der Waals surface area contributed by atoms with Crippen LogP contribution in [0.15, 0.2) is 52.6 Å². The smallest absolute Gasteiger partial charge is 0.253 e. The minimum Gasteiger partial charge on any atom is -0.470 e. The summed E-state index contributed by atoms with van der Waals surface area (Å²) in [7, 11) is 1.68. The van der Waals surface area contributed by atoms with Crippen LogP contribution in [0.3, 0.4) is 0 Å². The van der Waals surface area contributed by atoms with E-state index in [0.717, 1.165) is 16.9 Å². The first-order valence-electron chi connectivity index (χ1n) is 12.2. The number of ether oxygens (including phenoxy) is 2. The predicted octanol–water partition coefficient (Wildman–Crippen LogP) is 0.427. The van der Waals surface area contributed by atoms with Crippen molar-refractivity contribution >= 4 is 23.8 Å². The molecule has 1 amide bonds. The molecule has 0 aromatic carbocycles. The third-order valence-corrected chi connectivity index (χ3v) is 6.20. The highest BCUT2D eigenvalue weighted by Crippen LogP contribution is 2.14. The highest BCUT2D eigenvalue weighted by Gasteiger charge is 2.19. The lowest BCUT2D eigenvalue weighted by molar-refractivity contribution is 0.0929. The second-order valence-electron chi connectivity index (χ2n) is 8.77. The summed E-state index contributed by atoms with van der Waals surface area (Å²) in [4.78, 5) is 21.3. The summed E-state index contributed by atoms with van der Waals surface area (Å²) in [5, 5.41) is 22.6. The van der Waals surface area contributed by atoms with Gasteiger partial charge in [0.15, 0.2) is 11.2 Å². The van der Waals surface area contributed by atoms with Gasteiger partial charge in [-0.2, -0.15) is 0 Å². The number of hydrogen-bond donors (Lipinski definition) is 2. The second kappa shape index (κ2) is 11.4. The molecule has 1 atom stereocenters. The molecule has 3 aromatic rings. The molecule has 4 heterocycles. The number of amides is 1. The molecule has 0 saturated carbocycles. The van der Waals surface area contributed by atoms with Gasteiger partial charge in [0.25, 0.3) is 5.91 Å². The molecule has 3 aromatic heterocycles. The summed E-state index contributed by atoms with van der Waals surface area (Å²) in [5.74, 6) is 0.485. The Bertz CT molecular complexity index is 1560. The number of pyridine rings is 1. The zero-order chi connectivity index (χ0) is 26.5. The van der Waals surface area contributed by atoms with Crippen LogP contribution in [-0.4, -0.2) is 57.2 Å². The van der Waals surface area contributed by atoms with Crippen LogP contribution in [0.25, 0.3) is 17.8 Å². The Morgan fingerprint density at radius 1 is 1.37 bits per heavy atom. The fraction of sp³-hybridized carbons (Fsp3) is 0.296. The molecular formula is C27H28N6O5. The quantitative estimate of drug-likeness (QED) is 0.440. The molecule has 1 unspecified atom stereocenters. The van der Waals surface area contributed by atoms with E-state index in [0.29, 0.717) is 59.4 Å². The first-order chi connectivity index (χ1) is 18.6. The van der Waals surface area contributed by atoms with Gasteiger partial charge in [-0.3, -0.25) is 14.8 Å². The minimum absolute atomic E-state index is 0.0284. The molecule has 11 nitrogen and oxygen atoms in total. The van der Waals surface area contributed by atoms with Crippen LogP contribution < -0.4 is 26.0 Å². The van der Waals surface area contributed by atoms with Gasteiger partial charge < -0.3 is 24.4 Å². The summed E-state index contributed by atoms with van der Waals surface area (Å²) in [6, 6.07) is 5.10. The number of aromatic nitrogens is 4. The van der Waals surface area contributed by atoms with E-state index in [4.69, 9.17) is 19.1 Å². The van der Waals surface area contributed by atoms with E-state index < -0.39 is 0 Å². The van der Waals surface area contributed by atoms with E-state index in [1.807, 2.05) is 24.3 Å². The predicted molar refractivity (Wildman–Crippen MR) is 138 cm³/mol. The summed E-state index contributed by atoms with van der Waals surface area (Å²) < 4.78 is 18.1. The van der Waals surface area contributed by atoms with Gasteiger partial charge in [0, 0.05) is 36.4 Å². The van der Waals surface area contributed by atoms with Crippen LogP contribution in [0.1, 0.15) is 40.3 Å². The SMILES string of the molecule is C=C(c1cc(CO)on1)n1nc(OCc2ccc(C(=O)NC3CCOC3)cn2)c2c(c1=NC)=CCC=CC=2. The number of hydrogen-bond acceptors (Lipinski definition) is 9. The summed E-state index contributed by atoms with van der Waals surface area (Å²) >= 11 is 0. The number of carbonyl (C=O) groups is 1.